The number of carbonyl (C=O) groups is 1. The van der Waals surface area contributed by atoms with E-state index in [0.717, 1.165) is 30.6 Å². The Bertz CT molecular complexity index is 684. The van der Waals surface area contributed by atoms with E-state index in [1.54, 1.807) is 24.5 Å². The molecule has 6 heteroatoms. The molecule has 1 aliphatic carbocycles. The van der Waals surface area contributed by atoms with E-state index in [2.05, 4.69) is 5.32 Å². The summed E-state index contributed by atoms with van der Waals surface area (Å²) in [5.41, 5.74) is 1.06. The van der Waals surface area contributed by atoms with Crippen molar-refractivity contribution in [2.45, 2.75) is 25.3 Å². The lowest BCUT2D eigenvalue weighted by Gasteiger charge is -2.22. The van der Waals surface area contributed by atoms with E-state index in [-0.39, 0.29) is 18.6 Å². The molecule has 1 N–H and O–H groups in total. The van der Waals surface area contributed by atoms with Gasteiger partial charge in [0.2, 0.25) is 0 Å². The van der Waals surface area contributed by atoms with Gasteiger partial charge in [0.25, 0.3) is 5.91 Å². The molecule has 0 radical (unpaired) electrons. The molecule has 2 aromatic rings. The van der Waals surface area contributed by atoms with Crippen LogP contribution in [0.25, 0.3) is 0 Å². The van der Waals surface area contributed by atoms with Gasteiger partial charge in [0, 0.05) is 17.0 Å². The lowest BCUT2D eigenvalue weighted by Crippen LogP contribution is -2.34. The van der Waals surface area contributed by atoms with Crippen LogP contribution >= 0.6 is 23.2 Å². The average molecular weight is 340 g/mol. The minimum atomic E-state index is -0.190. The van der Waals surface area contributed by atoms with Gasteiger partial charge in [-0.1, -0.05) is 23.2 Å². The summed E-state index contributed by atoms with van der Waals surface area (Å²) in [4.78, 5) is 12.1. The van der Waals surface area contributed by atoms with Crippen LogP contribution in [-0.2, 0) is 11.2 Å². The Hall–Kier alpha value is -1.65. The van der Waals surface area contributed by atoms with E-state index >= 15 is 0 Å². The fraction of sp³-hybridized carbons (Fsp3) is 0.312. The van der Waals surface area contributed by atoms with Gasteiger partial charge >= 0.3 is 0 Å². The first kappa shape index (κ1) is 15.3. The van der Waals surface area contributed by atoms with Gasteiger partial charge in [-0.3, -0.25) is 4.79 Å². The van der Waals surface area contributed by atoms with Crippen molar-refractivity contribution in [1.29, 1.82) is 0 Å². The first-order valence-corrected chi connectivity index (χ1v) is 7.82. The quantitative estimate of drug-likeness (QED) is 0.909. The third kappa shape index (κ3) is 3.39. The Kier molecular flexibility index (Phi) is 4.60. The summed E-state index contributed by atoms with van der Waals surface area (Å²) in [7, 11) is 0. The number of nitrogens with one attached hydrogen (secondary N) is 1. The molecular formula is C16H15Cl2NO3. The van der Waals surface area contributed by atoms with Gasteiger partial charge in [-0.25, -0.2) is 0 Å². The molecule has 1 unspecified atom stereocenters. The van der Waals surface area contributed by atoms with Crippen molar-refractivity contribution in [2.24, 2.45) is 0 Å². The molecule has 0 fully saturated rings. The number of benzene rings is 1. The molecule has 0 saturated carbocycles. The standard InChI is InChI=1S/C16H15Cl2NO3/c17-10-4-5-15(12(18)8-10)22-9-16(20)19-13-2-1-3-14-11(13)6-7-21-14/h4-8,13H,1-3,9H2,(H,19,20). The molecule has 0 aliphatic heterocycles. The topological polar surface area (TPSA) is 51.5 Å². The van der Waals surface area contributed by atoms with Crippen LogP contribution in [0.15, 0.2) is 34.9 Å². The van der Waals surface area contributed by atoms with Crippen LogP contribution in [0, 0.1) is 0 Å². The van der Waals surface area contributed by atoms with Crippen LogP contribution in [0.4, 0.5) is 0 Å². The number of rotatable bonds is 4. The fourth-order valence-electron chi connectivity index (χ4n) is 2.61. The average Bonchev–Trinajstić information content (AvgIpc) is 2.96. The zero-order valence-corrected chi connectivity index (χ0v) is 13.3. The number of aryl methyl sites for hydroxylation is 1. The molecule has 0 saturated heterocycles. The van der Waals surface area contributed by atoms with Crippen molar-refractivity contribution in [3.05, 3.63) is 51.9 Å². The molecule has 22 heavy (non-hydrogen) atoms. The van der Waals surface area contributed by atoms with Crippen molar-refractivity contribution in [1.82, 2.24) is 5.32 Å². The highest BCUT2D eigenvalue weighted by Gasteiger charge is 2.24. The number of hydrogen-bond donors (Lipinski definition) is 1. The lowest BCUT2D eigenvalue weighted by atomic mass is 9.93. The third-order valence-corrected chi connectivity index (χ3v) is 4.17. The Morgan fingerprint density at radius 2 is 2.23 bits per heavy atom. The zero-order chi connectivity index (χ0) is 15.5. The van der Waals surface area contributed by atoms with Crippen LogP contribution in [0.3, 0.4) is 0 Å². The van der Waals surface area contributed by atoms with Crippen LogP contribution in [0.5, 0.6) is 5.75 Å². The maximum absolute atomic E-state index is 12.1. The predicted octanol–water partition coefficient (Wildman–Crippen LogP) is 4.16. The van der Waals surface area contributed by atoms with E-state index in [4.69, 9.17) is 32.4 Å². The SMILES string of the molecule is O=C(COc1ccc(Cl)cc1Cl)NC1CCCc2occc21. The molecule has 0 spiro atoms. The smallest absolute Gasteiger partial charge is 0.258 e. The summed E-state index contributed by atoms with van der Waals surface area (Å²) in [5, 5.41) is 3.88. The van der Waals surface area contributed by atoms with Crippen LogP contribution < -0.4 is 10.1 Å². The summed E-state index contributed by atoms with van der Waals surface area (Å²) < 4.78 is 10.8. The van der Waals surface area contributed by atoms with Gasteiger partial charge in [-0.05, 0) is 37.1 Å². The highest BCUT2D eigenvalue weighted by molar-refractivity contribution is 6.35. The molecule has 4 nitrogen and oxygen atoms in total. The number of hydrogen-bond acceptors (Lipinski definition) is 3. The number of halogens is 2. The lowest BCUT2D eigenvalue weighted by molar-refractivity contribution is -0.123. The highest BCUT2D eigenvalue weighted by Crippen LogP contribution is 2.30. The van der Waals surface area contributed by atoms with E-state index in [1.807, 2.05) is 6.07 Å². The minimum absolute atomic E-state index is 0.0145. The van der Waals surface area contributed by atoms with E-state index in [1.165, 1.54) is 0 Å². The Labute approximate surface area is 138 Å². The summed E-state index contributed by atoms with van der Waals surface area (Å²) in [6.07, 6.45) is 4.49. The zero-order valence-electron chi connectivity index (χ0n) is 11.8. The molecule has 1 aromatic heterocycles. The number of fused-ring (bicyclic) bond motifs is 1. The third-order valence-electron chi connectivity index (χ3n) is 3.64. The van der Waals surface area contributed by atoms with Crippen LogP contribution in [0.2, 0.25) is 10.0 Å². The van der Waals surface area contributed by atoms with Gasteiger partial charge in [0.1, 0.15) is 11.5 Å². The molecule has 1 amide bonds. The molecule has 1 aromatic carbocycles. The number of ether oxygens (including phenoxy) is 1. The van der Waals surface area contributed by atoms with Gasteiger partial charge < -0.3 is 14.5 Å². The van der Waals surface area contributed by atoms with Gasteiger partial charge in [0.05, 0.1) is 17.3 Å². The molecule has 1 aliphatic rings. The van der Waals surface area contributed by atoms with Crippen molar-refractivity contribution in [3.63, 3.8) is 0 Å². The normalized spacial score (nSPS) is 16.9. The number of furan rings is 1. The highest BCUT2D eigenvalue weighted by atomic mass is 35.5. The molecular weight excluding hydrogens is 325 g/mol. The second-order valence-corrected chi connectivity index (χ2v) is 6.02. The summed E-state index contributed by atoms with van der Waals surface area (Å²) >= 11 is 11.8. The minimum Gasteiger partial charge on any atom is -0.482 e. The number of carbonyl (C=O) groups excluding carboxylic acids is 1. The summed E-state index contributed by atoms with van der Waals surface area (Å²) in [5.74, 6) is 1.21. The first-order chi connectivity index (χ1) is 10.6. The van der Waals surface area contributed by atoms with Crippen molar-refractivity contribution in [2.75, 3.05) is 6.61 Å². The first-order valence-electron chi connectivity index (χ1n) is 7.07. The summed E-state index contributed by atoms with van der Waals surface area (Å²) in [6, 6.07) is 6.79. The van der Waals surface area contributed by atoms with Crippen molar-refractivity contribution in [3.8, 4) is 5.75 Å². The fourth-order valence-corrected chi connectivity index (χ4v) is 3.07. The van der Waals surface area contributed by atoms with Crippen LogP contribution in [-0.4, -0.2) is 12.5 Å². The van der Waals surface area contributed by atoms with Crippen molar-refractivity contribution < 1.29 is 13.9 Å². The molecule has 1 heterocycles. The maximum Gasteiger partial charge on any atom is 0.258 e. The predicted molar refractivity (Wildman–Crippen MR) is 84.5 cm³/mol. The Morgan fingerprint density at radius 3 is 3.05 bits per heavy atom. The van der Waals surface area contributed by atoms with Crippen LogP contribution in [0.1, 0.15) is 30.2 Å². The van der Waals surface area contributed by atoms with E-state index in [9.17, 15) is 4.79 Å². The van der Waals surface area contributed by atoms with E-state index < -0.39 is 0 Å². The second kappa shape index (κ2) is 6.63. The van der Waals surface area contributed by atoms with Crippen molar-refractivity contribution >= 4 is 29.1 Å². The van der Waals surface area contributed by atoms with E-state index in [0.29, 0.717) is 15.8 Å². The van der Waals surface area contributed by atoms with Gasteiger partial charge in [-0.15, -0.1) is 0 Å². The summed E-state index contributed by atoms with van der Waals surface area (Å²) in [6.45, 7) is -0.0922. The number of amides is 1. The monoisotopic (exact) mass is 339 g/mol. The Balaban J connectivity index is 1.57. The molecule has 116 valence electrons. The maximum atomic E-state index is 12.1. The molecule has 0 bridgehead atoms. The molecule has 3 rings (SSSR count). The molecule has 1 atom stereocenters. The van der Waals surface area contributed by atoms with Gasteiger partial charge in [0.15, 0.2) is 6.61 Å². The largest absolute Gasteiger partial charge is 0.482 e. The Morgan fingerprint density at radius 1 is 1.36 bits per heavy atom. The second-order valence-electron chi connectivity index (χ2n) is 5.17. The van der Waals surface area contributed by atoms with Gasteiger partial charge in [-0.2, -0.15) is 0 Å².